The second kappa shape index (κ2) is 15.9. The molecule has 3 amide bonds. The largest absolute Gasteiger partial charge is 0.489 e. The molecule has 2 aromatic carbocycles. The molecule has 1 saturated carbocycles. The number of hydrogen-bond acceptors (Lipinski definition) is 11. The van der Waals surface area contributed by atoms with Crippen molar-refractivity contribution in [2.75, 3.05) is 55.6 Å². The van der Waals surface area contributed by atoms with Crippen LogP contribution in [-0.4, -0.2) is 95.3 Å². The lowest BCUT2D eigenvalue weighted by Gasteiger charge is -2.63. The number of nitriles is 1. The number of rotatable bonds is 9. The van der Waals surface area contributed by atoms with E-state index in [0.29, 0.717) is 33.2 Å². The second-order valence-electron chi connectivity index (χ2n) is 17.6. The van der Waals surface area contributed by atoms with E-state index in [2.05, 4.69) is 64.2 Å². The maximum Gasteiger partial charge on any atom is 0.275 e. The molecule has 3 saturated heterocycles. The van der Waals surface area contributed by atoms with Gasteiger partial charge in [0, 0.05) is 92.4 Å². The molecular weight excluding hydrogens is 770 g/mol. The van der Waals surface area contributed by atoms with Gasteiger partial charge in [-0.3, -0.25) is 29.4 Å². The number of amides is 3. The number of imide groups is 1. The SMILES string of the molecule is CC1(C)C(NC(=O)c2ccc(N3CCC(CN4CCN(c5ccc6c(=O)n([C@@H]7CCC(=O)NC7=O)ncc6c5)CC4)CC3)nc2)C(C)(C)C1Oc1ccc(C#N)c(Cl)c1. The summed E-state index contributed by atoms with van der Waals surface area (Å²) < 4.78 is 7.57. The highest BCUT2D eigenvalue weighted by Crippen LogP contribution is 2.55. The molecule has 1 aliphatic carbocycles. The maximum absolute atomic E-state index is 13.5. The van der Waals surface area contributed by atoms with E-state index < -0.39 is 11.9 Å². The van der Waals surface area contributed by atoms with Crippen molar-refractivity contribution in [2.24, 2.45) is 16.7 Å². The van der Waals surface area contributed by atoms with Gasteiger partial charge in [-0.25, -0.2) is 9.67 Å². The molecule has 0 radical (unpaired) electrons. The molecule has 4 aliphatic rings. The summed E-state index contributed by atoms with van der Waals surface area (Å²) in [5.74, 6) is 1.09. The van der Waals surface area contributed by atoms with Crippen LogP contribution < -0.4 is 30.7 Å². The van der Waals surface area contributed by atoms with Crippen LogP contribution >= 0.6 is 11.6 Å². The number of benzene rings is 2. The van der Waals surface area contributed by atoms with Crippen molar-refractivity contribution in [3.8, 4) is 11.8 Å². The van der Waals surface area contributed by atoms with Crippen molar-refractivity contribution in [3.05, 3.63) is 87.4 Å². The number of hydrogen-bond donors (Lipinski definition) is 2. The number of carbonyl (C=O) groups excluding carboxylic acids is 3. The highest BCUT2D eigenvalue weighted by atomic mass is 35.5. The highest BCUT2D eigenvalue weighted by molar-refractivity contribution is 6.31. The fourth-order valence-corrected chi connectivity index (χ4v) is 10.1. The van der Waals surface area contributed by atoms with Crippen molar-refractivity contribution in [1.29, 1.82) is 5.26 Å². The topological polar surface area (TPSA) is 166 Å². The molecule has 0 bridgehead atoms. The zero-order valence-corrected chi connectivity index (χ0v) is 34.7. The van der Waals surface area contributed by atoms with Gasteiger partial charge in [-0.1, -0.05) is 39.3 Å². The minimum absolute atomic E-state index is 0.143. The number of aromatic nitrogens is 3. The lowest BCUT2D eigenvalue weighted by molar-refractivity contribution is -0.164. The van der Waals surface area contributed by atoms with Gasteiger partial charge < -0.3 is 19.9 Å². The molecule has 1 atom stereocenters. The third-order valence-corrected chi connectivity index (χ3v) is 13.2. The van der Waals surface area contributed by atoms with Gasteiger partial charge in [0.15, 0.2) is 0 Å². The lowest BCUT2D eigenvalue weighted by atomic mass is 9.49. The molecule has 0 spiro atoms. The average Bonchev–Trinajstić information content (AvgIpc) is 3.22. The predicted molar refractivity (Wildman–Crippen MR) is 225 cm³/mol. The van der Waals surface area contributed by atoms with Crippen molar-refractivity contribution in [1.82, 2.24) is 30.3 Å². The van der Waals surface area contributed by atoms with E-state index in [9.17, 15) is 24.4 Å². The van der Waals surface area contributed by atoms with Gasteiger partial charge in [-0.2, -0.15) is 10.4 Å². The van der Waals surface area contributed by atoms with Crippen LogP contribution in [0.1, 0.15) is 75.3 Å². The first-order valence-electron chi connectivity index (χ1n) is 20.4. The van der Waals surface area contributed by atoms with Gasteiger partial charge in [-0.15, -0.1) is 0 Å². The van der Waals surface area contributed by atoms with E-state index >= 15 is 0 Å². The molecule has 59 heavy (non-hydrogen) atoms. The maximum atomic E-state index is 13.5. The Balaban J connectivity index is 0.792. The van der Waals surface area contributed by atoms with E-state index in [4.69, 9.17) is 21.3 Å². The van der Waals surface area contributed by atoms with Gasteiger partial charge in [-0.05, 0) is 67.6 Å². The second-order valence-corrected chi connectivity index (χ2v) is 18.0. The molecule has 14 nitrogen and oxygen atoms in total. The fraction of sp³-hybridized carbons (Fsp3) is 0.477. The molecule has 5 heterocycles. The molecule has 4 fully saturated rings. The first-order valence-corrected chi connectivity index (χ1v) is 20.8. The predicted octanol–water partition coefficient (Wildman–Crippen LogP) is 4.94. The quantitative estimate of drug-likeness (QED) is 0.220. The highest BCUT2D eigenvalue weighted by Gasteiger charge is 2.64. The Morgan fingerprint density at radius 3 is 2.34 bits per heavy atom. The standard InChI is InChI=1S/C44H50ClN9O5/c1-43(2)41(44(3,4)42(43)59-32-8-5-28(23-46)34(45)22-32)50-38(56)29-6-11-36(47-24-29)53-15-13-27(14-16-53)26-51-17-19-52(20-18-51)31-7-9-33-30(21-31)25-48-54(40(33)58)35-10-12-37(55)49-39(35)57/h5-9,11,21-22,24-25,27,35,41-42H,10,12-20,26H2,1-4H3,(H,50,56)(H,49,55,57)/t35-,41?,42?/m1/s1. The van der Waals surface area contributed by atoms with Crippen LogP contribution in [0.5, 0.6) is 5.75 Å². The Morgan fingerprint density at radius 2 is 1.68 bits per heavy atom. The van der Waals surface area contributed by atoms with Crippen LogP contribution in [0.2, 0.25) is 5.02 Å². The summed E-state index contributed by atoms with van der Waals surface area (Å²) in [6, 6.07) is 15.8. The Kier molecular flexibility index (Phi) is 10.9. The van der Waals surface area contributed by atoms with Crippen LogP contribution in [-0.2, 0) is 9.59 Å². The Hall–Kier alpha value is -5.52. The first kappa shape index (κ1) is 40.3. The minimum Gasteiger partial charge on any atom is -0.489 e. The number of pyridine rings is 1. The number of nitrogens with zero attached hydrogens (tertiary/aromatic N) is 7. The molecule has 3 aliphatic heterocycles. The first-order chi connectivity index (χ1) is 28.2. The van der Waals surface area contributed by atoms with Crippen LogP contribution in [0.3, 0.4) is 0 Å². The van der Waals surface area contributed by atoms with Gasteiger partial charge in [0.2, 0.25) is 5.91 Å². The number of halogens is 1. The van der Waals surface area contributed by atoms with E-state index in [1.165, 1.54) is 4.68 Å². The number of anilines is 2. The minimum atomic E-state index is -0.784. The van der Waals surface area contributed by atoms with Crippen molar-refractivity contribution in [2.45, 2.75) is 71.6 Å². The Bertz CT molecular complexity index is 2360. The summed E-state index contributed by atoms with van der Waals surface area (Å²) in [6.45, 7) is 14.9. The number of carbonyl (C=O) groups is 3. The molecule has 8 rings (SSSR count). The van der Waals surface area contributed by atoms with E-state index in [-0.39, 0.29) is 53.2 Å². The summed E-state index contributed by atoms with van der Waals surface area (Å²) in [7, 11) is 0. The zero-order valence-electron chi connectivity index (χ0n) is 33.9. The molecule has 2 aromatic heterocycles. The van der Waals surface area contributed by atoms with Gasteiger partial charge in [0.25, 0.3) is 17.4 Å². The Morgan fingerprint density at radius 1 is 0.932 bits per heavy atom. The molecule has 4 aromatic rings. The summed E-state index contributed by atoms with van der Waals surface area (Å²) in [4.78, 5) is 62.6. The van der Waals surface area contributed by atoms with Crippen LogP contribution in [0, 0.1) is 28.1 Å². The zero-order chi connectivity index (χ0) is 41.6. The van der Waals surface area contributed by atoms with E-state index in [1.807, 2.05) is 30.3 Å². The summed E-state index contributed by atoms with van der Waals surface area (Å²) in [6.07, 6.45) is 5.70. The third kappa shape index (κ3) is 7.85. The van der Waals surface area contributed by atoms with Crippen LogP contribution in [0.25, 0.3) is 10.8 Å². The number of piperidine rings is 2. The molecule has 308 valence electrons. The normalized spacial score (nSPS) is 23.3. The average molecular weight is 820 g/mol. The van der Waals surface area contributed by atoms with Gasteiger partial charge in [0.1, 0.15) is 29.8 Å². The van der Waals surface area contributed by atoms with E-state index in [0.717, 1.165) is 75.5 Å². The third-order valence-electron chi connectivity index (χ3n) is 12.9. The summed E-state index contributed by atoms with van der Waals surface area (Å²) in [5, 5.41) is 20.7. The van der Waals surface area contributed by atoms with Gasteiger partial charge in [0.05, 0.1) is 27.7 Å². The summed E-state index contributed by atoms with van der Waals surface area (Å²) in [5.41, 5.74) is 0.904. The van der Waals surface area contributed by atoms with Crippen molar-refractivity contribution < 1.29 is 19.1 Å². The number of nitrogens with one attached hydrogen (secondary N) is 2. The van der Waals surface area contributed by atoms with Crippen LogP contribution in [0.4, 0.5) is 11.5 Å². The molecule has 0 unspecified atom stereocenters. The molecule has 2 N–H and O–H groups in total. The van der Waals surface area contributed by atoms with Crippen LogP contribution in [0.15, 0.2) is 65.7 Å². The molecule has 15 heteroatoms. The monoisotopic (exact) mass is 819 g/mol. The van der Waals surface area contributed by atoms with Crippen molar-refractivity contribution >= 4 is 51.6 Å². The van der Waals surface area contributed by atoms with Crippen molar-refractivity contribution in [3.63, 3.8) is 0 Å². The molecular formula is C44H50ClN9O5. The lowest BCUT2D eigenvalue weighted by Crippen LogP contribution is -2.74. The number of fused-ring (bicyclic) bond motifs is 1. The van der Waals surface area contributed by atoms with E-state index in [1.54, 1.807) is 30.6 Å². The fourth-order valence-electron chi connectivity index (χ4n) is 9.90. The number of piperazine rings is 1. The Labute approximate surface area is 348 Å². The number of ether oxygens (including phenoxy) is 1. The summed E-state index contributed by atoms with van der Waals surface area (Å²) >= 11 is 6.25. The van der Waals surface area contributed by atoms with Gasteiger partial charge >= 0.3 is 0 Å². The smallest absolute Gasteiger partial charge is 0.275 e.